The number of nitrogens with zero attached hydrogens (tertiary/aromatic N) is 8. The van der Waals surface area contributed by atoms with Gasteiger partial charge in [-0.25, -0.2) is 24.5 Å². The van der Waals surface area contributed by atoms with Crippen LogP contribution in [0.4, 0.5) is 49.8 Å². The molecule has 3 aromatic heterocycles. The summed E-state index contributed by atoms with van der Waals surface area (Å²) in [5.41, 5.74) is 1.65. The average molecular weight is 1260 g/mol. The number of alkyl halides is 2. The molecule has 0 aliphatic carbocycles. The van der Waals surface area contributed by atoms with Crippen molar-refractivity contribution in [3.63, 3.8) is 0 Å². The second kappa shape index (κ2) is 25.4. The molecule has 0 fully saturated rings. The van der Waals surface area contributed by atoms with Crippen LogP contribution in [0.15, 0.2) is 67.1 Å². The third-order valence-corrected chi connectivity index (χ3v) is 14.8. The maximum atomic E-state index is 13.4. The van der Waals surface area contributed by atoms with Gasteiger partial charge in [0, 0.05) is 124 Å². The number of hydrogen-bond acceptors (Lipinski definition) is 16. The van der Waals surface area contributed by atoms with Gasteiger partial charge in [-0.2, -0.15) is 0 Å². The Labute approximate surface area is 518 Å². The van der Waals surface area contributed by atoms with Crippen LogP contribution in [-0.4, -0.2) is 142 Å². The van der Waals surface area contributed by atoms with Crippen LogP contribution in [0.2, 0.25) is 0 Å². The van der Waals surface area contributed by atoms with Gasteiger partial charge in [0.2, 0.25) is 41.1 Å². The first-order valence-electron chi connectivity index (χ1n) is 27.9. The van der Waals surface area contributed by atoms with Gasteiger partial charge in [0.25, 0.3) is 17.7 Å². The van der Waals surface area contributed by atoms with E-state index in [-0.39, 0.29) is 96.0 Å². The van der Waals surface area contributed by atoms with Gasteiger partial charge < -0.3 is 70.6 Å². The summed E-state index contributed by atoms with van der Waals surface area (Å²) in [6.45, 7) is 10.0. The molecule has 9 N–H and O–H groups in total. The van der Waals surface area contributed by atoms with Crippen molar-refractivity contribution in [1.82, 2.24) is 39.3 Å². The van der Waals surface area contributed by atoms with Gasteiger partial charge in [0.15, 0.2) is 17.5 Å². The Morgan fingerprint density at radius 1 is 0.506 bits per heavy atom. The molecule has 0 bridgehead atoms. The van der Waals surface area contributed by atoms with E-state index < -0.39 is 77.8 Å². The number of aromatic hydroxyl groups is 2. The van der Waals surface area contributed by atoms with Crippen LogP contribution in [0.3, 0.4) is 0 Å². The van der Waals surface area contributed by atoms with Crippen molar-refractivity contribution in [1.29, 1.82) is 0 Å². The van der Waals surface area contributed by atoms with E-state index in [1.54, 1.807) is 77.9 Å². The molecule has 2 atom stereocenters. The van der Waals surface area contributed by atoms with E-state index in [2.05, 4.69) is 52.2 Å². The molecule has 4 aromatic carbocycles. The van der Waals surface area contributed by atoms with E-state index in [0.29, 0.717) is 44.3 Å². The van der Waals surface area contributed by atoms with Gasteiger partial charge in [0.05, 0.1) is 24.5 Å². The smallest absolute Gasteiger partial charge is 0.414 e. The number of carbonyl (C=O) groups is 9. The molecule has 2 unspecified atom stereocenters. The van der Waals surface area contributed by atoms with Crippen molar-refractivity contribution in [2.45, 2.75) is 77.4 Å². The van der Waals surface area contributed by atoms with E-state index in [1.165, 1.54) is 75.4 Å². The molecule has 0 saturated carbocycles. The van der Waals surface area contributed by atoms with Crippen molar-refractivity contribution < 1.29 is 62.8 Å². The first kappa shape index (κ1) is 63.5. The number of carbonyl (C=O) groups excluding carboxylic acids is 9. The zero-order valence-electron chi connectivity index (χ0n) is 49.9. The van der Waals surface area contributed by atoms with Crippen molar-refractivity contribution in [2.24, 2.45) is 21.1 Å². The normalized spacial score (nSPS) is 14.4. The largest absolute Gasteiger partial charge is 0.507 e. The van der Waals surface area contributed by atoms with Crippen LogP contribution in [0.1, 0.15) is 109 Å². The van der Waals surface area contributed by atoms with Crippen LogP contribution in [-0.2, 0) is 49.8 Å². The van der Waals surface area contributed by atoms with Crippen molar-refractivity contribution in [2.75, 3.05) is 74.3 Å². The number of benzene rings is 4. The molecule has 2 aliphatic rings. The van der Waals surface area contributed by atoms with Crippen LogP contribution in [0.5, 0.6) is 11.5 Å². The first-order chi connectivity index (χ1) is 42.0. The number of rotatable bonds is 17. The van der Waals surface area contributed by atoms with Gasteiger partial charge in [-0.15, -0.1) is 23.2 Å². The standard InChI is InChI=1S/C59H65Cl2N15O13/c1-58(2,3)88-56(86)75-24-29(20-60)48-33-12-10-31(16-35(33)39(77)18-37(48)75)64-44(79)14-15-45(80)66-41-26-73(8)51(67-41)54(84)71-43-28-74(9)52(69-43)55(85)70-42-27-72(7)50(68-42)53(83)63-22-46(81)62-23-47(82)65-32-11-13-34-36(17-32)40(78)19-38-49(34)30(21-61)25-76(38)57(87)89-59(4,5)6/h10-13,16-19,26-30,77-78H,14-15,20-25H2,1-9H3,(H,62,81)(H,63,83)(H,64,79)(H,65,82)(H,66,80)(H,70,85)(H,71,84). The predicted molar refractivity (Wildman–Crippen MR) is 331 cm³/mol. The number of aromatic nitrogens is 6. The summed E-state index contributed by atoms with van der Waals surface area (Å²) in [5, 5.41) is 42.2. The second-order valence-corrected chi connectivity index (χ2v) is 23.9. The quantitative estimate of drug-likeness (QED) is 0.0410. The van der Waals surface area contributed by atoms with Gasteiger partial charge in [-0.05, 0) is 87.7 Å². The van der Waals surface area contributed by atoms with Crippen LogP contribution < -0.4 is 47.0 Å². The number of ether oxygens (including phenoxy) is 2. The summed E-state index contributed by atoms with van der Waals surface area (Å²) >= 11 is 12.7. The summed E-state index contributed by atoms with van der Waals surface area (Å²) in [6.07, 6.45) is 2.47. The molecular weight excluding hydrogens is 1200 g/mol. The molecule has 7 aromatic rings. The van der Waals surface area contributed by atoms with Gasteiger partial charge >= 0.3 is 12.2 Å². The first-order valence-corrected chi connectivity index (χ1v) is 28.9. The zero-order valence-corrected chi connectivity index (χ0v) is 51.4. The van der Waals surface area contributed by atoms with Crippen molar-refractivity contribution in [3.8, 4) is 11.5 Å². The fourth-order valence-electron chi connectivity index (χ4n) is 10.2. The molecule has 9 rings (SSSR count). The summed E-state index contributed by atoms with van der Waals surface area (Å²) in [4.78, 5) is 133. The third-order valence-electron chi connectivity index (χ3n) is 14.1. The zero-order chi connectivity index (χ0) is 64.6. The minimum Gasteiger partial charge on any atom is -0.507 e. The van der Waals surface area contributed by atoms with Crippen LogP contribution in [0, 0.1) is 0 Å². The predicted octanol–water partition coefficient (Wildman–Crippen LogP) is 7.11. The van der Waals surface area contributed by atoms with E-state index in [9.17, 15) is 53.4 Å². The van der Waals surface area contributed by atoms with Crippen molar-refractivity contribution >= 4 is 138 Å². The van der Waals surface area contributed by atoms with Crippen molar-refractivity contribution in [3.05, 3.63) is 95.7 Å². The number of anilines is 7. The molecule has 0 saturated heterocycles. The number of fused-ring (bicyclic) bond motifs is 6. The van der Waals surface area contributed by atoms with Gasteiger partial charge in [0.1, 0.15) is 22.7 Å². The lowest BCUT2D eigenvalue weighted by molar-refractivity contribution is -0.123. The second-order valence-electron chi connectivity index (χ2n) is 23.3. The SMILES string of the molecule is Cn1cc(NC(=O)c2nc(NC(=O)c3nc(NC(=O)CCC(=O)Nc4ccc5c6c(cc(O)c5c4)N(C(=O)OC(C)(C)C)CC6CCl)cn3C)cn2C)nc1C(=O)NCC(=O)NCC(=O)Nc1ccc2c3c(cc(O)c2c1)N(C(=O)OC(C)(C)C)CC3CCl. The molecule has 89 heavy (non-hydrogen) atoms. The van der Waals surface area contributed by atoms with Gasteiger partial charge in [-0.3, -0.25) is 43.4 Å². The summed E-state index contributed by atoms with van der Waals surface area (Å²) in [7, 11) is 4.49. The lowest BCUT2D eigenvalue weighted by Crippen LogP contribution is -2.40. The molecular formula is C59H65Cl2N15O13. The van der Waals surface area contributed by atoms with E-state index in [4.69, 9.17) is 32.7 Å². The maximum Gasteiger partial charge on any atom is 0.414 e. The molecule has 468 valence electrons. The average Bonchev–Trinajstić information content (AvgIpc) is 1.77. The molecule has 5 heterocycles. The highest BCUT2D eigenvalue weighted by Gasteiger charge is 2.39. The number of amides is 9. The highest BCUT2D eigenvalue weighted by atomic mass is 35.5. The number of hydrogen-bond donors (Lipinski definition) is 9. The summed E-state index contributed by atoms with van der Waals surface area (Å²) in [6, 6.07) is 12.8. The number of phenolic OH excluding ortho intramolecular Hbond substituents is 2. The van der Waals surface area contributed by atoms with E-state index in [1.807, 2.05) is 0 Å². The Morgan fingerprint density at radius 2 is 0.888 bits per heavy atom. The lowest BCUT2D eigenvalue weighted by atomic mass is 9.95. The number of imidazole rings is 3. The highest BCUT2D eigenvalue weighted by molar-refractivity contribution is 6.19. The van der Waals surface area contributed by atoms with Crippen LogP contribution in [0.25, 0.3) is 21.5 Å². The third kappa shape index (κ3) is 14.4. The fourth-order valence-corrected chi connectivity index (χ4v) is 10.7. The number of aryl methyl sites for hydroxylation is 3. The van der Waals surface area contributed by atoms with E-state index in [0.717, 1.165) is 11.1 Å². The molecule has 28 nitrogen and oxygen atoms in total. The molecule has 0 spiro atoms. The minimum absolute atomic E-state index is 0.0133. The van der Waals surface area contributed by atoms with E-state index >= 15 is 0 Å². The number of halogens is 2. The minimum atomic E-state index is -0.786. The Kier molecular flexibility index (Phi) is 18.1. The van der Waals surface area contributed by atoms with Gasteiger partial charge in [-0.1, -0.05) is 12.1 Å². The Balaban J connectivity index is 0.716. The lowest BCUT2D eigenvalue weighted by Gasteiger charge is -2.25. The molecule has 30 heteroatoms. The Bertz CT molecular complexity index is 4050. The topological polar surface area (TPSA) is 357 Å². The van der Waals surface area contributed by atoms with Crippen LogP contribution >= 0.6 is 23.2 Å². The summed E-state index contributed by atoms with van der Waals surface area (Å²) < 4.78 is 15.1. The summed E-state index contributed by atoms with van der Waals surface area (Å²) in [5.74, 6) is -5.63. The number of nitrogens with one attached hydrogen (secondary N) is 7. The Hall–Kier alpha value is -9.96. The molecule has 9 amide bonds. The molecule has 0 radical (unpaired) electrons. The monoisotopic (exact) mass is 1260 g/mol. The maximum absolute atomic E-state index is 13.4. The number of phenols is 2. The highest BCUT2D eigenvalue weighted by Crippen LogP contribution is 2.48. The Morgan fingerprint density at radius 3 is 1.30 bits per heavy atom. The molecule has 2 aliphatic heterocycles. The fraction of sp³-hybridized carbons (Fsp3) is 0.356.